The number of hydrogen-bond acceptors (Lipinski definition) is 9. The summed E-state index contributed by atoms with van der Waals surface area (Å²) in [5.74, 6) is -2.09. The number of amides is 1. The Kier molecular flexibility index (Phi) is 6.00. The number of nitrogens with zero attached hydrogens (tertiary/aromatic N) is 3. The van der Waals surface area contributed by atoms with Gasteiger partial charge in [-0.25, -0.2) is 9.79 Å². The van der Waals surface area contributed by atoms with Gasteiger partial charge in [0.1, 0.15) is 10.3 Å². The molecule has 2 aliphatic rings. The number of benzene rings is 2. The number of methoxy groups -OCH3 is 2. The van der Waals surface area contributed by atoms with Gasteiger partial charge in [0.05, 0.1) is 55.3 Å². The maximum absolute atomic E-state index is 13.9. The molecule has 0 fully saturated rings. The lowest BCUT2D eigenvalue weighted by Crippen LogP contribution is -2.42. The molecule has 10 nitrogen and oxygen atoms in total. The quantitative estimate of drug-likeness (QED) is 0.431. The van der Waals surface area contributed by atoms with Crippen LogP contribution in [-0.2, 0) is 19.1 Å². The third kappa shape index (κ3) is 3.84. The van der Waals surface area contributed by atoms with E-state index in [4.69, 9.17) is 9.47 Å². The lowest BCUT2D eigenvalue weighted by molar-refractivity contribution is -0.303. The van der Waals surface area contributed by atoms with Crippen LogP contribution in [0.4, 0.5) is 5.69 Å². The molecule has 0 saturated heterocycles. The van der Waals surface area contributed by atoms with E-state index in [0.717, 1.165) is 16.2 Å². The molecule has 1 aromatic heterocycles. The fourth-order valence-corrected chi connectivity index (χ4v) is 5.77. The molecule has 37 heavy (non-hydrogen) atoms. The molecule has 11 heteroatoms. The number of esters is 1. The highest BCUT2D eigenvalue weighted by atomic mass is 32.1. The molecule has 0 bridgehead atoms. The van der Waals surface area contributed by atoms with Crippen molar-refractivity contribution in [1.82, 2.24) is 4.57 Å². The molecule has 1 amide bonds. The standard InChI is InChI=1S/C26H21N3O7S/c1-13-19(25(34)36-3)21(14-8-10-15(35-2)11-9-14)29-24(33)22(37-26(29)27-13)20-16-6-4-5-7-17(16)28(23(20)32)12-18(30)31/h4-11,21H,12H2,1-3H3,(H,30,31)/p-1. The number of aliphatic carboxylic acids is 1. The molecule has 0 saturated carbocycles. The van der Waals surface area contributed by atoms with Crippen molar-refractivity contribution in [2.45, 2.75) is 13.0 Å². The maximum atomic E-state index is 13.9. The molecular formula is C26H20N3O7S-. The first kappa shape index (κ1) is 24.2. The van der Waals surface area contributed by atoms with Gasteiger partial charge in [-0.2, -0.15) is 0 Å². The molecule has 0 spiro atoms. The first-order valence-electron chi connectivity index (χ1n) is 11.1. The van der Waals surface area contributed by atoms with Gasteiger partial charge < -0.3 is 24.3 Å². The van der Waals surface area contributed by atoms with E-state index in [0.29, 0.717) is 33.1 Å². The number of aromatic nitrogens is 1. The predicted octanol–water partition coefficient (Wildman–Crippen LogP) is -0.116. The minimum atomic E-state index is -1.43. The highest BCUT2D eigenvalue weighted by molar-refractivity contribution is 7.07. The molecule has 0 N–H and O–H groups in total. The summed E-state index contributed by atoms with van der Waals surface area (Å²) in [6.07, 6.45) is 0. The summed E-state index contributed by atoms with van der Waals surface area (Å²) < 4.78 is 11.7. The summed E-state index contributed by atoms with van der Waals surface area (Å²) in [6, 6.07) is 12.7. The Morgan fingerprint density at radius 3 is 2.43 bits per heavy atom. The maximum Gasteiger partial charge on any atom is 0.338 e. The van der Waals surface area contributed by atoms with Crippen molar-refractivity contribution in [3.8, 4) is 5.75 Å². The van der Waals surface area contributed by atoms with E-state index in [-0.39, 0.29) is 15.7 Å². The fraction of sp³-hybridized carbons (Fsp3) is 0.192. The van der Waals surface area contributed by atoms with E-state index in [2.05, 4.69) is 4.99 Å². The van der Waals surface area contributed by atoms with Crippen LogP contribution in [0.25, 0.3) is 5.57 Å². The molecule has 1 atom stereocenters. The van der Waals surface area contributed by atoms with Crippen LogP contribution in [0.3, 0.4) is 0 Å². The van der Waals surface area contributed by atoms with E-state index in [1.165, 1.54) is 18.8 Å². The summed E-state index contributed by atoms with van der Waals surface area (Å²) in [6.45, 7) is 0.999. The Morgan fingerprint density at radius 1 is 1.08 bits per heavy atom. The van der Waals surface area contributed by atoms with E-state index in [1.807, 2.05) is 0 Å². The number of para-hydroxylation sites is 1. The van der Waals surface area contributed by atoms with Crippen LogP contribution in [0.1, 0.15) is 24.1 Å². The van der Waals surface area contributed by atoms with E-state index in [9.17, 15) is 24.3 Å². The molecule has 0 radical (unpaired) electrons. The summed E-state index contributed by atoms with van der Waals surface area (Å²) in [5, 5.41) is 11.3. The number of anilines is 1. The van der Waals surface area contributed by atoms with Gasteiger partial charge in [-0.05, 0) is 30.7 Å². The highest BCUT2D eigenvalue weighted by Gasteiger charge is 2.37. The van der Waals surface area contributed by atoms with Crippen molar-refractivity contribution < 1.29 is 29.0 Å². The Bertz CT molecular complexity index is 1680. The summed E-state index contributed by atoms with van der Waals surface area (Å²) in [5.41, 5.74) is 1.53. The van der Waals surface area contributed by atoms with Gasteiger partial charge in [0.2, 0.25) is 0 Å². The lowest BCUT2D eigenvalue weighted by atomic mass is 9.96. The second-order valence-electron chi connectivity index (χ2n) is 8.32. The van der Waals surface area contributed by atoms with Crippen molar-refractivity contribution in [2.75, 3.05) is 25.7 Å². The number of fused-ring (bicyclic) bond motifs is 2. The van der Waals surface area contributed by atoms with Crippen molar-refractivity contribution in [3.63, 3.8) is 0 Å². The topological polar surface area (TPSA) is 130 Å². The van der Waals surface area contributed by atoms with Crippen LogP contribution in [0.2, 0.25) is 0 Å². The Morgan fingerprint density at radius 2 is 1.78 bits per heavy atom. The molecule has 5 rings (SSSR count). The zero-order valence-corrected chi connectivity index (χ0v) is 20.8. The second-order valence-corrected chi connectivity index (χ2v) is 9.30. The average Bonchev–Trinajstić information content (AvgIpc) is 3.35. The molecular weight excluding hydrogens is 498 g/mol. The zero-order valence-electron chi connectivity index (χ0n) is 20.0. The summed E-state index contributed by atoms with van der Waals surface area (Å²) in [4.78, 5) is 57.4. The smallest absolute Gasteiger partial charge is 0.338 e. The van der Waals surface area contributed by atoms with Gasteiger partial charge in [0.15, 0.2) is 4.80 Å². The van der Waals surface area contributed by atoms with E-state index >= 15 is 0 Å². The zero-order chi connectivity index (χ0) is 26.4. The molecule has 2 aromatic carbocycles. The largest absolute Gasteiger partial charge is 0.548 e. The summed E-state index contributed by atoms with van der Waals surface area (Å²) >= 11 is 1.00. The Hall–Kier alpha value is -4.51. The third-order valence-electron chi connectivity index (χ3n) is 6.27. The number of carbonyl (C=O) groups excluding carboxylic acids is 3. The van der Waals surface area contributed by atoms with Crippen LogP contribution in [0.15, 0.2) is 69.6 Å². The van der Waals surface area contributed by atoms with Gasteiger partial charge in [-0.15, -0.1) is 0 Å². The summed E-state index contributed by atoms with van der Waals surface area (Å²) in [7, 11) is 2.78. The molecule has 1 unspecified atom stereocenters. The Labute approximate surface area is 214 Å². The SMILES string of the molecule is COC(=O)C1=C(C)N=c2sc(=C3C(=O)N(CC(=O)[O-])c4ccccc43)c(=O)n2C1c1ccc(OC)cc1. The number of allylic oxidation sites excluding steroid dienone is 1. The third-order valence-corrected chi connectivity index (χ3v) is 7.32. The first-order chi connectivity index (χ1) is 17.8. The van der Waals surface area contributed by atoms with Gasteiger partial charge in [0, 0.05) is 5.56 Å². The normalized spacial score (nSPS) is 17.8. The fourth-order valence-electron chi connectivity index (χ4n) is 4.63. The molecule has 0 aliphatic carbocycles. The van der Waals surface area contributed by atoms with Gasteiger partial charge >= 0.3 is 5.97 Å². The van der Waals surface area contributed by atoms with Gasteiger partial charge in [-0.1, -0.05) is 41.7 Å². The molecule has 3 aromatic rings. The van der Waals surface area contributed by atoms with Crippen molar-refractivity contribution in [1.29, 1.82) is 0 Å². The predicted molar refractivity (Wildman–Crippen MR) is 132 cm³/mol. The average molecular weight is 519 g/mol. The van der Waals surface area contributed by atoms with Crippen LogP contribution in [0, 0.1) is 0 Å². The minimum Gasteiger partial charge on any atom is -0.548 e. The van der Waals surface area contributed by atoms with Crippen molar-refractivity contribution >= 4 is 40.4 Å². The van der Waals surface area contributed by atoms with Crippen molar-refractivity contribution in [2.24, 2.45) is 4.99 Å². The number of carbonyl (C=O) groups is 3. The van der Waals surface area contributed by atoms with Gasteiger partial charge in [-0.3, -0.25) is 14.2 Å². The Balaban J connectivity index is 1.80. The number of carboxylic acid groups (broad SMARTS) is 1. The van der Waals surface area contributed by atoms with Crippen LogP contribution in [0.5, 0.6) is 5.75 Å². The number of hydrogen-bond donors (Lipinski definition) is 0. The second kappa shape index (κ2) is 9.17. The number of carboxylic acids is 1. The number of thiazole rings is 1. The van der Waals surface area contributed by atoms with Crippen LogP contribution in [-0.4, -0.2) is 43.2 Å². The van der Waals surface area contributed by atoms with Crippen LogP contribution >= 0.6 is 11.3 Å². The number of ether oxygens (including phenoxy) is 2. The number of rotatable bonds is 5. The van der Waals surface area contributed by atoms with Crippen LogP contribution < -0.4 is 29.6 Å². The van der Waals surface area contributed by atoms with Crippen molar-refractivity contribution in [3.05, 3.63) is 90.6 Å². The highest BCUT2D eigenvalue weighted by Crippen LogP contribution is 2.35. The molecule has 188 valence electrons. The lowest BCUT2D eigenvalue weighted by Gasteiger charge is -2.24. The van der Waals surface area contributed by atoms with E-state index < -0.39 is 36.0 Å². The monoisotopic (exact) mass is 518 g/mol. The molecule has 3 heterocycles. The van der Waals surface area contributed by atoms with E-state index in [1.54, 1.807) is 55.5 Å². The first-order valence-corrected chi connectivity index (χ1v) is 12.0. The van der Waals surface area contributed by atoms with Gasteiger partial charge in [0.25, 0.3) is 11.5 Å². The minimum absolute atomic E-state index is 0.0784. The molecule has 2 aliphatic heterocycles.